The van der Waals surface area contributed by atoms with Crippen molar-refractivity contribution in [2.24, 2.45) is 0 Å². The highest BCUT2D eigenvalue weighted by Gasteiger charge is 2.17. The van der Waals surface area contributed by atoms with Gasteiger partial charge in [0.25, 0.3) is 0 Å². The molecule has 8 heteroatoms. The number of hydrogen-bond acceptors (Lipinski definition) is 5. The van der Waals surface area contributed by atoms with Crippen molar-refractivity contribution in [3.05, 3.63) is 41.9 Å². The number of amides is 1. The van der Waals surface area contributed by atoms with E-state index in [4.69, 9.17) is 9.26 Å². The molecule has 6 nitrogen and oxygen atoms in total. The van der Waals surface area contributed by atoms with E-state index in [1.54, 1.807) is 24.3 Å². The maximum absolute atomic E-state index is 13.7. The summed E-state index contributed by atoms with van der Waals surface area (Å²) in [5, 5.41) is 9.76. The molecule has 0 bridgehead atoms. The standard InChI is InChI=1S/C16H18FN3O3.ClH/c17-14-4-2-1-3-13(14)15-7-12(23-20-15)10-19-16(21)8-11-9-18-5-6-22-11;/h1-4,7,11,18H,5-6,8-10H2,(H,19,21);1H. The summed E-state index contributed by atoms with van der Waals surface area (Å²) in [5.74, 6) is -0.0137. The van der Waals surface area contributed by atoms with Gasteiger partial charge in [0.15, 0.2) is 5.76 Å². The van der Waals surface area contributed by atoms with E-state index in [0.29, 0.717) is 36.6 Å². The van der Waals surface area contributed by atoms with Gasteiger partial charge in [0, 0.05) is 24.7 Å². The van der Waals surface area contributed by atoms with Gasteiger partial charge in [-0.3, -0.25) is 4.79 Å². The molecule has 1 aromatic heterocycles. The Morgan fingerprint density at radius 3 is 3.00 bits per heavy atom. The van der Waals surface area contributed by atoms with E-state index in [2.05, 4.69) is 15.8 Å². The molecule has 2 N–H and O–H groups in total. The second-order valence-corrected chi connectivity index (χ2v) is 5.34. The third kappa shape index (κ3) is 4.77. The average Bonchev–Trinajstić information content (AvgIpc) is 3.03. The fourth-order valence-corrected chi connectivity index (χ4v) is 2.41. The van der Waals surface area contributed by atoms with Gasteiger partial charge in [-0.2, -0.15) is 0 Å². The Kier molecular flexibility index (Phi) is 6.72. The molecular formula is C16H19ClFN3O3. The molecule has 24 heavy (non-hydrogen) atoms. The second-order valence-electron chi connectivity index (χ2n) is 5.34. The van der Waals surface area contributed by atoms with Gasteiger partial charge < -0.3 is 19.9 Å². The van der Waals surface area contributed by atoms with Crippen LogP contribution < -0.4 is 10.6 Å². The maximum atomic E-state index is 13.7. The molecule has 1 amide bonds. The Bertz CT molecular complexity index is 674. The zero-order chi connectivity index (χ0) is 16.1. The number of rotatable bonds is 5. The molecule has 0 radical (unpaired) electrons. The van der Waals surface area contributed by atoms with Crippen molar-refractivity contribution in [3.8, 4) is 11.3 Å². The second kappa shape index (κ2) is 8.77. The molecule has 0 aliphatic carbocycles. The van der Waals surface area contributed by atoms with Crippen LogP contribution >= 0.6 is 12.4 Å². The first-order chi connectivity index (χ1) is 11.2. The fourth-order valence-electron chi connectivity index (χ4n) is 2.41. The lowest BCUT2D eigenvalue weighted by atomic mass is 10.1. The molecule has 1 aliphatic rings. The van der Waals surface area contributed by atoms with Gasteiger partial charge in [-0.1, -0.05) is 17.3 Å². The first-order valence-electron chi connectivity index (χ1n) is 7.52. The summed E-state index contributed by atoms with van der Waals surface area (Å²) in [4.78, 5) is 11.9. The quantitative estimate of drug-likeness (QED) is 0.856. The molecule has 1 aliphatic heterocycles. The highest BCUT2D eigenvalue weighted by molar-refractivity contribution is 5.85. The lowest BCUT2D eigenvalue weighted by Crippen LogP contribution is -2.41. The number of nitrogens with one attached hydrogen (secondary N) is 2. The summed E-state index contributed by atoms with van der Waals surface area (Å²) in [6.45, 7) is 2.31. The summed E-state index contributed by atoms with van der Waals surface area (Å²) in [7, 11) is 0. The third-order valence-corrected chi connectivity index (χ3v) is 3.59. The number of benzene rings is 1. The van der Waals surface area contributed by atoms with Gasteiger partial charge in [0.05, 0.1) is 25.7 Å². The number of aromatic nitrogens is 1. The van der Waals surface area contributed by atoms with Crippen LogP contribution in [0, 0.1) is 5.82 Å². The van der Waals surface area contributed by atoms with Crippen LogP contribution in [-0.4, -0.2) is 36.9 Å². The van der Waals surface area contributed by atoms with Crippen molar-refractivity contribution in [2.45, 2.75) is 19.1 Å². The van der Waals surface area contributed by atoms with Crippen LogP contribution in [-0.2, 0) is 16.1 Å². The first-order valence-corrected chi connectivity index (χ1v) is 7.52. The number of carbonyl (C=O) groups is 1. The molecule has 1 aromatic carbocycles. The lowest BCUT2D eigenvalue weighted by molar-refractivity contribution is -0.124. The molecule has 0 spiro atoms. The summed E-state index contributed by atoms with van der Waals surface area (Å²) in [6, 6.07) is 7.96. The van der Waals surface area contributed by atoms with Crippen molar-refractivity contribution in [1.82, 2.24) is 15.8 Å². The molecule has 2 aromatic rings. The Labute approximate surface area is 145 Å². The van der Waals surface area contributed by atoms with Crippen LogP contribution in [0.15, 0.2) is 34.9 Å². The topological polar surface area (TPSA) is 76.4 Å². The highest BCUT2D eigenvalue weighted by atomic mass is 35.5. The van der Waals surface area contributed by atoms with Gasteiger partial charge in [-0.25, -0.2) is 4.39 Å². The van der Waals surface area contributed by atoms with Crippen molar-refractivity contribution in [2.75, 3.05) is 19.7 Å². The Morgan fingerprint density at radius 2 is 2.25 bits per heavy atom. The minimum absolute atomic E-state index is 0. The minimum atomic E-state index is -0.363. The Morgan fingerprint density at radius 1 is 1.42 bits per heavy atom. The van der Waals surface area contributed by atoms with E-state index in [1.165, 1.54) is 6.07 Å². The zero-order valence-corrected chi connectivity index (χ0v) is 13.8. The predicted molar refractivity (Wildman–Crippen MR) is 88.2 cm³/mol. The highest BCUT2D eigenvalue weighted by Crippen LogP contribution is 2.21. The molecule has 1 atom stereocenters. The number of halogens is 2. The van der Waals surface area contributed by atoms with Gasteiger partial charge in [-0.15, -0.1) is 12.4 Å². The predicted octanol–water partition coefficient (Wildman–Crippen LogP) is 1.90. The molecule has 2 heterocycles. The van der Waals surface area contributed by atoms with E-state index >= 15 is 0 Å². The maximum Gasteiger partial charge on any atom is 0.223 e. The molecule has 1 unspecified atom stereocenters. The average molecular weight is 356 g/mol. The van der Waals surface area contributed by atoms with Gasteiger partial charge in [0.1, 0.15) is 11.5 Å². The van der Waals surface area contributed by atoms with Crippen LogP contribution in [0.2, 0.25) is 0 Å². The smallest absolute Gasteiger partial charge is 0.223 e. The number of ether oxygens (including phenoxy) is 1. The summed E-state index contributed by atoms with van der Waals surface area (Å²) in [6.07, 6.45) is 0.189. The van der Waals surface area contributed by atoms with Crippen LogP contribution in [0.25, 0.3) is 11.3 Å². The van der Waals surface area contributed by atoms with Crippen molar-refractivity contribution in [1.29, 1.82) is 0 Å². The van der Waals surface area contributed by atoms with Gasteiger partial charge in [0.2, 0.25) is 5.91 Å². The fraction of sp³-hybridized carbons (Fsp3) is 0.375. The first kappa shape index (κ1) is 18.4. The van der Waals surface area contributed by atoms with Crippen LogP contribution in [0.5, 0.6) is 0 Å². The van der Waals surface area contributed by atoms with Crippen molar-refractivity contribution >= 4 is 18.3 Å². The van der Waals surface area contributed by atoms with Crippen molar-refractivity contribution < 1.29 is 18.4 Å². The minimum Gasteiger partial charge on any atom is -0.375 e. The zero-order valence-electron chi connectivity index (χ0n) is 13.0. The molecule has 130 valence electrons. The van der Waals surface area contributed by atoms with Crippen LogP contribution in [0.3, 0.4) is 0 Å². The number of carbonyl (C=O) groups excluding carboxylic acids is 1. The Balaban J connectivity index is 0.00000208. The lowest BCUT2D eigenvalue weighted by Gasteiger charge is -2.22. The van der Waals surface area contributed by atoms with E-state index < -0.39 is 0 Å². The number of morpholine rings is 1. The van der Waals surface area contributed by atoms with E-state index in [1.807, 2.05) is 0 Å². The van der Waals surface area contributed by atoms with E-state index in [-0.39, 0.29) is 36.8 Å². The number of nitrogens with zero attached hydrogens (tertiary/aromatic N) is 1. The van der Waals surface area contributed by atoms with Crippen LogP contribution in [0.4, 0.5) is 4.39 Å². The Hall–Kier alpha value is -1.96. The molecular weight excluding hydrogens is 337 g/mol. The summed E-state index contributed by atoms with van der Waals surface area (Å²) < 4.78 is 24.3. The largest absolute Gasteiger partial charge is 0.375 e. The third-order valence-electron chi connectivity index (χ3n) is 3.59. The van der Waals surface area contributed by atoms with Crippen molar-refractivity contribution in [3.63, 3.8) is 0 Å². The van der Waals surface area contributed by atoms with E-state index in [0.717, 1.165) is 6.54 Å². The normalized spacial score (nSPS) is 17.1. The SMILES string of the molecule is Cl.O=C(CC1CNCCO1)NCc1cc(-c2ccccc2F)no1. The van der Waals surface area contributed by atoms with Gasteiger partial charge >= 0.3 is 0 Å². The number of hydrogen-bond donors (Lipinski definition) is 2. The van der Waals surface area contributed by atoms with Gasteiger partial charge in [-0.05, 0) is 12.1 Å². The van der Waals surface area contributed by atoms with Crippen LogP contribution in [0.1, 0.15) is 12.2 Å². The van der Waals surface area contributed by atoms with E-state index in [9.17, 15) is 9.18 Å². The summed E-state index contributed by atoms with van der Waals surface area (Å²) in [5.41, 5.74) is 0.780. The molecule has 0 saturated carbocycles. The summed E-state index contributed by atoms with van der Waals surface area (Å²) >= 11 is 0. The molecule has 1 fully saturated rings. The molecule has 1 saturated heterocycles. The molecule has 3 rings (SSSR count). The monoisotopic (exact) mass is 355 g/mol.